The Morgan fingerprint density at radius 3 is 2.96 bits per heavy atom. The standard InChI is InChI=1S/C19H19N5O2/c1-13(16-11-21-24-8-3-2-6-17(16)24)22-19(26)14-9-18(25)23(12-14)15-5-4-7-20-10-15/h2-8,10-11,13-14H,9,12H2,1H3,(H,22,26)/t13-,14-/m0/s1. The lowest BCUT2D eigenvalue weighted by Crippen LogP contribution is -2.34. The molecule has 3 aromatic rings. The van der Waals surface area contributed by atoms with Crippen LogP contribution in [0.2, 0.25) is 0 Å². The minimum absolute atomic E-state index is 0.0539. The van der Waals surface area contributed by atoms with E-state index in [-0.39, 0.29) is 30.2 Å². The number of anilines is 1. The lowest BCUT2D eigenvalue weighted by molar-refractivity contribution is -0.126. The van der Waals surface area contributed by atoms with E-state index in [1.807, 2.05) is 37.4 Å². The predicted molar refractivity (Wildman–Crippen MR) is 96.4 cm³/mol. The van der Waals surface area contributed by atoms with Gasteiger partial charge in [0.1, 0.15) is 0 Å². The van der Waals surface area contributed by atoms with Crippen molar-refractivity contribution in [3.63, 3.8) is 0 Å². The summed E-state index contributed by atoms with van der Waals surface area (Å²) < 4.78 is 1.78. The van der Waals surface area contributed by atoms with Gasteiger partial charge in [-0.2, -0.15) is 5.10 Å². The molecule has 0 unspecified atom stereocenters. The Hall–Kier alpha value is -3.22. The summed E-state index contributed by atoms with van der Waals surface area (Å²) in [5.41, 5.74) is 2.63. The number of aromatic nitrogens is 3. The van der Waals surface area contributed by atoms with E-state index >= 15 is 0 Å². The Labute approximate surface area is 150 Å². The van der Waals surface area contributed by atoms with Gasteiger partial charge in [-0.3, -0.25) is 14.6 Å². The molecule has 0 bridgehead atoms. The molecule has 4 heterocycles. The summed E-state index contributed by atoms with van der Waals surface area (Å²) >= 11 is 0. The number of nitrogens with zero attached hydrogens (tertiary/aromatic N) is 4. The first kappa shape index (κ1) is 16.3. The zero-order valence-corrected chi connectivity index (χ0v) is 14.4. The lowest BCUT2D eigenvalue weighted by Gasteiger charge is -2.18. The van der Waals surface area contributed by atoms with Gasteiger partial charge in [0, 0.05) is 30.9 Å². The molecule has 2 amide bonds. The van der Waals surface area contributed by atoms with E-state index < -0.39 is 0 Å². The smallest absolute Gasteiger partial charge is 0.227 e. The van der Waals surface area contributed by atoms with Crippen molar-refractivity contribution in [3.05, 3.63) is 60.7 Å². The fourth-order valence-electron chi connectivity index (χ4n) is 3.34. The van der Waals surface area contributed by atoms with Crippen molar-refractivity contribution in [2.75, 3.05) is 11.4 Å². The summed E-state index contributed by atoms with van der Waals surface area (Å²) in [6, 6.07) is 9.23. The summed E-state index contributed by atoms with van der Waals surface area (Å²) in [7, 11) is 0. The molecule has 1 aliphatic heterocycles. The van der Waals surface area contributed by atoms with Crippen molar-refractivity contribution in [1.29, 1.82) is 0 Å². The van der Waals surface area contributed by atoms with Gasteiger partial charge in [0.15, 0.2) is 0 Å². The highest BCUT2D eigenvalue weighted by atomic mass is 16.2. The Balaban J connectivity index is 1.46. The van der Waals surface area contributed by atoms with Gasteiger partial charge in [-0.15, -0.1) is 0 Å². The van der Waals surface area contributed by atoms with Crippen molar-refractivity contribution >= 4 is 23.0 Å². The highest BCUT2D eigenvalue weighted by molar-refractivity contribution is 6.00. The second-order valence-corrected chi connectivity index (χ2v) is 6.48. The monoisotopic (exact) mass is 349 g/mol. The minimum atomic E-state index is -0.369. The van der Waals surface area contributed by atoms with Gasteiger partial charge in [-0.05, 0) is 31.2 Å². The predicted octanol–water partition coefficient (Wildman–Crippen LogP) is 1.96. The molecule has 0 aliphatic carbocycles. The highest BCUT2D eigenvalue weighted by Gasteiger charge is 2.35. The van der Waals surface area contributed by atoms with E-state index in [2.05, 4.69) is 15.4 Å². The molecule has 1 N–H and O–H groups in total. The topological polar surface area (TPSA) is 79.6 Å². The quantitative estimate of drug-likeness (QED) is 0.781. The Bertz CT molecular complexity index is 953. The molecule has 7 heteroatoms. The third-order valence-electron chi connectivity index (χ3n) is 4.73. The number of carbonyl (C=O) groups excluding carboxylic acids is 2. The van der Waals surface area contributed by atoms with E-state index in [1.165, 1.54) is 0 Å². The molecule has 0 radical (unpaired) electrons. The third kappa shape index (κ3) is 2.92. The second kappa shape index (κ2) is 6.59. The number of pyridine rings is 2. The minimum Gasteiger partial charge on any atom is -0.349 e. The lowest BCUT2D eigenvalue weighted by atomic mass is 10.1. The summed E-state index contributed by atoms with van der Waals surface area (Å²) in [4.78, 5) is 30.6. The van der Waals surface area contributed by atoms with Crippen molar-refractivity contribution in [1.82, 2.24) is 19.9 Å². The van der Waals surface area contributed by atoms with E-state index in [4.69, 9.17) is 0 Å². The van der Waals surface area contributed by atoms with Gasteiger partial charge >= 0.3 is 0 Å². The average Bonchev–Trinajstić information content (AvgIpc) is 3.26. The van der Waals surface area contributed by atoms with Crippen molar-refractivity contribution in [3.8, 4) is 0 Å². The molecular formula is C19H19N5O2. The summed E-state index contributed by atoms with van der Waals surface area (Å²) in [5, 5.41) is 7.33. The van der Waals surface area contributed by atoms with Crippen LogP contribution in [0.5, 0.6) is 0 Å². The van der Waals surface area contributed by atoms with Crippen LogP contribution in [-0.4, -0.2) is 33.0 Å². The first-order valence-corrected chi connectivity index (χ1v) is 8.56. The molecule has 132 valence electrons. The van der Waals surface area contributed by atoms with Gasteiger partial charge in [0.2, 0.25) is 11.8 Å². The van der Waals surface area contributed by atoms with E-state index in [1.54, 1.807) is 34.1 Å². The largest absolute Gasteiger partial charge is 0.349 e. The number of carbonyl (C=O) groups is 2. The molecular weight excluding hydrogens is 330 g/mol. The van der Waals surface area contributed by atoms with Crippen LogP contribution in [0.1, 0.15) is 24.9 Å². The maximum atomic E-state index is 12.7. The fraction of sp³-hybridized carbons (Fsp3) is 0.263. The molecule has 1 saturated heterocycles. The Morgan fingerprint density at radius 1 is 1.27 bits per heavy atom. The zero-order valence-electron chi connectivity index (χ0n) is 14.4. The molecule has 7 nitrogen and oxygen atoms in total. The molecule has 4 rings (SSSR count). The zero-order chi connectivity index (χ0) is 18.1. The Morgan fingerprint density at radius 2 is 2.15 bits per heavy atom. The molecule has 0 aromatic carbocycles. The number of amides is 2. The van der Waals surface area contributed by atoms with E-state index in [0.29, 0.717) is 6.54 Å². The van der Waals surface area contributed by atoms with Crippen LogP contribution < -0.4 is 10.2 Å². The summed E-state index contributed by atoms with van der Waals surface area (Å²) in [6.07, 6.45) is 7.14. The van der Waals surface area contributed by atoms with Crippen LogP contribution in [0.25, 0.3) is 5.52 Å². The molecule has 26 heavy (non-hydrogen) atoms. The molecule has 2 atom stereocenters. The van der Waals surface area contributed by atoms with Gasteiger partial charge in [-0.1, -0.05) is 6.07 Å². The average molecular weight is 349 g/mol. The number of fused-ring (bicyclic) bond motifs is 1. The molecule has 1 aliphatic rings. The van der Waals surface area contributed by atoms with Gasteiger partial charge in [0.05, 0.1) is 35.6 Å². The van der Waals surface area contributed by atoms with Crippen molar-refractivity contribution in [2.24, 2.45) is 5.92 Å². The molecule has 1 fully saturated rings. The van der Waals surface area contributed by atoms with Crippen LogP contribution in [0.15, 0.2) is 55.1 Å². The highest BCUT2D eigenvalue weighted by Crippen LogP contribution is 2.25. The number of nitrogens with one attached hydrogen (secondary N) is 1. The normalized spacial score (nSPS) is 18.3. The molecule has 0 saturated carbocycles. The second-order valence-electron chi connectivity index (χ2n) is 6.48. The van der Waals surface area contributed by atoms with Crippen LogP contribution in [0, 0.1) is 5.92 Å². The van der Waals surface area contributed by atoms with Crippen LogP contribution >= 0.6 is 0 Å². The fourth-order valence-corrected chi connectivity index (χ4v) is 3.34. The number of hydrogen-bond acceptors (Lipinski definition) is 4. The van der Waals surface area contributed by atoms with Gasteiger partial charge in [0.25, 0.3) is 0 Å². The van der Waals surface area contributed by atoms with E-state index in [0.717, 1.165) is 16.8 Å². The first-order chi connectivity index (χ1) is 12.6. The van der Waals surface area contributed by atoms with Crippen LogP contribution in [-0.2, 0) is 9.59 Å². The summed E-state index contributed by atoms with van der Waals surface area (Å²) in [6.45, 7) is 2.30. The SMILES string of the molecule is C[C@H](NC(=O)[C@H]1CC(=O)N(c2cccnc2)C1)c1cnn2ccccc12. The van der Waals surface area contributed by atoms with Gasteiger partial charge in [-0.25, -0.2) is 4.52 Å². The maximum absolute atomic E-state index is 12.7. The molecule has 0 spiro atoms. The molecule has 3 aromatic heterocycles. The summed E-state index contributed by atoms with van der Waals surface area (Å²) in [5.74, 6) is -0.540. The van der Waals surface area contributed by atoms with Gasteiger partial charge < -0.3 is 10.2 Å². The van der Waals surface area contributed by atoms with Crippen molar-refractivity contribution in [2.45, 2.75) is 19.4 Å². The number of rotatable bonds is 4. The van der Waals surface area contributed by atoms with Crippen LogP contribution in [0.4, 0.5) is 5.69 Å². The van der Waals surface area contributed by atoms with Crippen molar-refractivity contribution < 1.29 is 9.59 Å². The maximum Gasteiger partial charge on any atom is 0.227 e. The third-order valence-corrected chi connectivity index (χ3v) is 4.73. The van der Waals surface area contributed by atoms with E-state index in [9.17, 15) is 9.59 Å². The number of hydrogen-bond donors (Lipinski definition) is 1. The first-order valence-electron chi connectivity index (χ1n) is 8.56. The Kier molecular flexibility index (Phi) is 4.12. The van der Waals surface area contributed by atoms with Crippen LogP contribution in [0.3, 0.4) is 0 Å².